The molecule has 0 amide bonds. The second-order valence-corrected chi connectivity index (χ2v) is 4.79. The highest BCUT2D eigenvalue weighted by molar-refractivity contribution is 5.72. The van der Waals surface area contributed by atoms with Crippen LogP contribution in [0, 0.1) is 5.92 Å². The minimum absolute atomic E-state index is 0.0244. The third-order valence-corrected chi connectivity index (χ3v) is 3.43. The molecule has 19 heavy (non-hydrogen) atoms. The minimum Gasteiger partial charge on any atom is -0.469 e. The molecule has 1 fully saturated rings. The third-order valence-electron chi connectivity index (χ3n) is 3.43. The number of hydrogen-bond donors (Lipinski definition) is 0. The second-order valence-electron chi connectivity index (χ2n) is 4.79. The van der Waals surface area contributed by atoms with E-state index in [0.29, 0.717) is 13.2 Å². The van der Waals surface area contributed by atoms with Gasteiger partial charge in [-0.3, -0.25) is 4.79 Å². The summed E-state index contributed by atoms with van der Waals surface area (Å²) in [6.07, 6.45) is 2.70. The number of ether oxygens (including phenoxy) is 3. The third kappa shape index (κ3) is 5.89. The average molecular weight is 273 g/mol. The molecular weight excluding hydrogens is 246 g/mol. The number of carbonyl (C=O) groups is 1. The van der Waals surface area contributed by atoms with Crippen LogP contribution < -0.4 is 0 Å². The van der Waals surface area contributed by atoms with Crippen molar-refractivity contribution in [2.75, 3.05) is 40.0 Å². The maximum atomic E-state index is 11.6. The molecule has 112 valence electrons. The van der Waals surface area contributed by atoms with Gasteiger partial charge < -0.3 is 19.1 Å². The fourth-order valence-corrected chi connectivity index (χ4v) is 2.49. The minimum atomic E-state index is -0.131. The van der Waals surface area contributed by atoms with E-state index < -0.39 is 0 Å². The molecule has 1 aliphatic heterocycles. The molecule has 0 aromatic heterocycles. The van der Waals surface area contributed by atoms with Crippen LogP contribution in [0.1, 0.15) is 33.1 Å². The summed E-state index contributed by atoms with van der Waals surface area (Å²) in [5.41, 5.74) is 0. The van der Waals surface area contributed by atoms with Crippen molar-refractivity contribution in [2.45, 2.75) is 39.4 Å². The molecule has 0 N–H and O–H groups in total. The molecule has 0 bridgehead atoms. The zero-order chi connectivity index (χ0) is 14.1. The molecule has 0 spiro atoms. The van der Waals surface area contributed by atoms with E-state index in [1.54, 1.807) is 0 Å². The van der Waals surface area contributed by atoms with Crippen molar-refractivity contribution in [1.82, 2.24) is 4.90 Å². The molecule has 5 heteroatoms. The second kappa shape index (κ2) is 9.28. The quantitative estimate of drug-likeness (QED) is 0.497. The van der Waals surface area contributed by atoms with Crippen LogP contribution in [0.4, 0.5) is 0 Å². The van der Waals surface area contributed by atoms with E-state index in [9.17, 15) is 4.79 Å². The fourth-order valence-electron chi connectivity index (χ4n) is 2.49. The van der Waals surface area contributed by atoms with Gasteiger partial charge in [-0.1, -0.05) is 0 Å². The largest absolute Gasteiger partial charge is 0.469 e. The first-order chi connectivity index (χ1) is 9.21. The Morgan fingerprint density at radius 3 is 2.58 bits per heavy atom. The summed E-state index contributed by atoms with van der Waals surface area (Å²) in [7, 11) is 1.46. The number of likely N-dealkylation sites (tertiary alicyclic amines) is 1. The first-order valence-electron chi connectivity index (χ1n) is 7.24. The highest BCUT2D eigenvalue weighted by atomic mass is 16.7. The Morgan fingerprint density at radius 1 is 1.32 bits per heavy atom. The van der Waals surface area contributed by atoms with Crippen molar-refractivity contribution in [3.05, 3.63) is 0 Å². The van der Waals surface area contributed by atoms with Crippen LogP contribution in [0.15, 0.2) is 0 Å². The SMILES string of the molecule is CCOC(CCN1CCCC(C(=O)OC)C1)OCC. The van der Waals surface area contributed by atoms with Crippen LogP contribution in [-0.4, -0.2) is 57.1 Å². The lowest BCUT2D eigenvalue weighted by Gasteiger charge is -2.32. The molecule has 5 nitrogen and oxygen atoms in total. The summed E-state index contributed by atoms with van der Waals surface area (Å²) in [6.45, 7) is 8.00. The molecule has 1 heterocycles. The predicted molar refractivity (Wildman–Crippen MR) is 72.8 cm³/mol. The predicted octanol–water partition coefficient (Wildman–Crippen LogP) is 1.66. The number of piperidine rings is 1. The molecule has 0 aromatic rings. The first-order valence-corrected chi connectivity index (χ1v) is 7.24. The molecule has 1 saturated heterocycles. The van der Waals surface area contributed by atoms with Crippen LogP contribution >= 0.6 is 0 Å². The fraction of sp³-hybridized carbons (Fsp3) is 0.929. The summed E-state index contributed by atoms with van der Waals surface area (Å²) >= 11 is 0. The Labute approximate surface area is 116 Å². The van der Waals surface area contributed by atoms with Crippen LogP contribution in [-0.2, 0) is 19.0 Å². The molecule has 0 aliphatic carbocycles. The van der Waals surface area contributed by atoms with Gasteiger partial charge in [-0.2, -0.15) is 0 Å². The van der Waals surface area contributed by atoms with Gasteiger partial charge in [0.1, 0.15) is 0 Å². The van der Waals surface area contributed by atoms with Gasteiger partial charge in [0.2, 0.25) is 0 Å². The Bertz CT molecular complexity index is 254. The van der Waals surface area contributed by atoms with E-state index >= 15 is 0 Å². The lowest BCUT2D eigenvalue weighted by Crippen LogP contribution is -2.40. The van der Waals surface area contributed by atoms with Gasteiger partial charge in [0.25, 0.3) is 0 Å². The van der Waals surface area contributed by atoms with Gasteiger partial charge >= 0.3 is 5.97 Å². The number of carbonyl (C=O) groups excluding carboxylic acids is 1. The van der Waals surface area contributed by atoms with Crippen molar-refractivity contribution in [3.8, 4) is 0 Å². The molecular formula is C14H27NO4. The van der Waals surface area contributed by atoms with E-state index in [4.69, 9.17) is 14.2 Å². The molecule has 1 aliphatic rings. The number of rotatable bonds is 8. The van der Waals surface area contributed by atoms with Crippen LogP contribution in [0.25, 0.3) is 0 Å². The average Bonchev–Trinajstić information content (AvgIpc) is 2.44. The van der Waals surface area contributed by atoms with Crippen molar-refractivity contribution in [1.29, 1.82) is 0 Å². The van der Waals surface area contributed by atoms with Gasteiger partial charge in [-0.15, -0.1) is 0 Å². The van der Waals surface area contributed by atoms with Gasteiger partial charge in [0, 0.05) is 32.7 Å². The highest BCUT2D eigenvalue weighted by Crippen LogP contribution is 2.18. The van der Waals surface area contributed by atoms with Gasteiger partial charge in [-0.05, 0) is 33.2 Å². The van der Waals surface area contributed by atoms with Crippen LogP contribution in [0.2, 0.25) is 0 Å². The summed E-state index contributed by atoms with van der Waals surface area (Å²) in [6, 6.07) is 0. The summed E-state index contributed by atoms with van der Waals surface area (Å²) < 4.78 is 15.9. The maximum absolute atomic E-state index is 11.6. The van der Waals surface area contributed by atoms with E-state index in [-0.39, 0.29) is 18.2 Å². The Balaban J connectivity index is 2.32. The van der Waals surface area contributed by atoms with Crippen molar-refractivity contribution in [2.24, 2.45) is 5.92 Å². The summed E-state index contributed by atoms with van der Waals surface area (Å²) in [5, 5.41) is 0. The van der Waals surface area contributed by atoms with Gasteiger partial charge in [0.15, 0.2) is 6.29 Å². The van der Waals surface area contributed by atoms with Crippen LogP contribution in [0.5, 0.6) is 0 Å². The van der Waals surface area contributed by atoms with E-state index in [1.165, 1.54) is 7.11 Å². The Hall–Kier alpha value is -0.650. The standard InChI is InChI=1S/C14H27NO4/c1-4-18-13(19-5-2)8-10-15-9-6-7-12(11-15)14(16)17-3/h12-13H,4-11H2,1-3H3. The smallest absolute Gasteiger partial charge is 0.309 e. The monoisotopic (exact) mass is 273 g/mol. The topological polar surface area (TPSA) is 48.0 Å². The zero-order valence-corrected chi connectivity index (χ0v) is 12.4. The highest BCUT2D eigenvalue weighted by Gasteiger charge is 2.26. The van der Waals surface area contributed by atoms with Gasteiger partial charge in [0.05, 0.1) is 13.0 Å². The van der Waals surface area contributed by atoms with Crippen LogP contribution in [0.3, 0.4) is 0 Å². The molecule has 1 rings (SSSR count). The van der Waals surface area contributed by atoms with Crippen molar-refractivity contribution < 1.29 is 19.0 Å². The molecule has 0 saturated carbocycles. The summed E-state index contributed by atoms with van der Waals surface area (Å²) in [5.74, 6) is -0.0627. The lowest BCUT2D eigenvalue weighted by atomic mass is 9.98. The van der Waals surface area contributed by atoms with E-state index in [1.807, 2.05) is 13.8 Å². The van der Waals surface area contributed by atoms with E-state index in [0.717, 1.165) is 38.9 Å². The van der Waals surface area contributed by atoms with E-state index in [2.05, 4.69) is 4.90 Å². The Morgan fingerprint density at radius 2 is 2.00 bits per heavy atom. The number of esters is 1. The first kappa shape index (κ1) is 16.4. The van der Waals surface area contributed by atoms with Crippen molar-refractivity contribution in [3.63, 3.8) is 0 Å². The Kier molecular flexibility index (Phi) is 8.02. The number of hydrogen-bond acceptors (Lipinski definition) is 5. The summed E-state index contributed by atoms with van der Waals surface area (Å²) in [4.78, 5) is 13.9. The molecule has 1 unspecified atom stereocenters. The maximum Gasteiger partial charge on any atom is 0.309 e. The molecule has 0 aromatic carbocycles. The normalized spacial score (nSPS) is 20.7. The van der Waals surface area contributed by atoms with Gasteiger partial charge in [-0.25, -0.2) is 0 Å². The zero-order valence-electron chi connectivity index (χ0n) is 12.4. The number of methoxy groups -OCH3 is 1. The van der Waals surface area contributed by atoms with Crippen molar-refractivity contribution >= 4 is 5.97 Å². The molecule has 1 atom stereocenters. The lowest BCUT2D eigenvalue weighted by molar-refractivity contribution is -0.149. The number of nitrogens with zero attached hydrogens (tertiary/aromatic N) is 1. The molecule has 0 radical (unpaired) electrons.